The maximum absolute atomic E-state index is 14.3. The number of thiophene rings is 1. The molecule has 1 aliphatic heterocycles. The van der Waals surface area contributed by atoms with Gasteiger partial charge in [-0.2, -0.15) is 18.2 Å². The fourth-order valence-electron chi connectivity index (χ4n) is 4.03. The molecule has 1 unspecified atom stereocenters. The highest BCUT2D eigenvalue weighted by atomic mass is 32.2. The van der Waals surface area contributed by atoms with Gasteiger partial charge >= 0.3 is 6.18 Å². The van der Waals surface area contributed by atoms with E-state index in [4.69, 9.17) is 4.74 Å². The van der Waals surface area contributed by atoms with Crippen LogP contribution in [0, 0.1) is 0 Å². The van der Waals surface area contributed by atoms with Gasteiger partial charge in [0.1, 0.15) is 21.3 Å². The minimum atomic E-state index is -4.62. The van der Waals surface area contributed by atoms with Crippen molar-refractivity contribution < 1.29 is 22.5 Å². The molecule has 4 heterocycles. The number of pyridine rings is 1. The Bertz CT molecular complexity index is 1370. The average molecular weight is 522 g/mol. The van der Waals surface area contributed by atoms with Crippen molar-refractivity contribution in [2.45, 2.75) is 18.0 Å². The Kier molecular flexibility index (Phi) is 6.47. The molecule has 7 nitrogen and oxygen atoms in total. The van der Waals surface area contributed by atoms with Gasteiger partial charge in [-0.25, -0.2) is 9.97 Å². The predicted octanol–water partition coefficient (Wildman–Crippen LogP) is 4.47. The Labute approximate surface area is 206 Å². The smallest absolute Gasteiger partial charge is 0.417 e. The molecule has 35 heavy (non-hydrogen) atoms. The van der Waals surface area contributed by atoms with E-state index in [2.05, 4.69) is 20.3 Å². The molecule has 0 aliphatic carbocycles. The second-order valence-corrected chi connectivity index (χ2v) is 10.4. The maximum atomic E-state index is 14.3. The number of hydrogen-bond acceptors (Lipinski definition) is 8. The molecule has 12 heteroatoms. The molecule has 1 fully saturated rings. The lowest BCUT2D eigenvalue weighted by molar-refractivity contribution is -0.136. The summed E-state index contributed by atoms with van der Waals surface area (Å²) in [5.74, 6) is 0.612. The van der Waals surface area contributed by atoms with Gasteiger partial charge in [-0.05, 0) is 48.4 Å². The predicted molar refractivity (Wildman–Crippen MR) is 132 cm³/mol. The molecule has 0 bridgehead atoms. The minimum Gasteiger partial charge on any atom is -0.612 e. The van der Waals surface area contributed by atoms with Gasteiger partial charge in [-0.3, -0.25) is 0 Å². The molecule has 0 amide bonds. The Morgan fingerprint density at radius 1 is 1.14 bits per heavy atom. The molecule has 0 spiro atoms. The Hall–Kier alpha value is -2.67. The second-order valence-electron chi connectivity index (χ2n) is 7.99. The van der Waals surface area contributed by atoms with E-state index in [1.807, 2.05) is 4.90 Å². The number of hydrogen-bond donors (Lipinski definition) is 1. The molecule has 1 N–H and O–H groups in total. The highest BCUT2D eigenvalue weighted by molar-refractivity contribution is 7.90. The molecule has 4 aromatic rings. The van der Waals surface area contributed by atoms with E-state index in [1.54, 1.807) is 37.4 Å². The number of ether oxygens (including phenoxy) is 1. The lowest BCUT2D eigenvalue weighted by Crippen LogP contribution is -2.44. The normalized spacial score (nSPS) is 15.7. The van der Waals surface area contributed by atoms with Gasteiger partial charge < -0.3 is 19.5 Å². The fourth-order valence-corrected chi connectivity index (χ4v) is 5.63. The van der Waals surface area contributed by atoms with E-state index < -0.39 is 22.9 Å². The van der Waals surface area contributed by atoms with Crippen molar-refractivity contribution in [3.05, 3.63) is 35.9 Å². The number of halogens is 3. The summed E-state index contributed by atoms with van der Waals surface area (Å²) < 4.78 is 60.9. The summed E-state index contributed by atoms with van der Waals surface area (Å²) in [5, 5.41) is 3.20. The van der Waals surface area contributed by atoms with Crippen LogP contribution in [-0.4, -0.2) is 58.5 Å². The van der Waals surface area contributed by atoms with Gasteiger partial charge in [0.25, 0.3) is 0 Å². The zero-order valence-corrected chi connectivity index (χ0v) is 20.6. The summed E-state index contributed by atoms with van der Waals surface area (Å²) in [6, 6.07) is 7.58. The summed E-state index contributed by atoms with van der Waals surface area (Å²) in [6.07, 6.45) is -3.08. The highest BCUT2D eigenvalue weighted by Crippen LogP contribution is 2.45. The third-order valence-corrected chi connectivity index (χ3v) is 7.71. The summed E-state index contributed by atoms with van der Waals surface area (Å²) in [4.78, 5) is 16.4. The SMILES string of the molecule is CCOc1nc(N2CCNCC2)nc2c1sc1nc(-c3ccc([S+](C)[O-])cc3)cc(C(F)(F)F)c12. The molecule has 3 aromatic heterocycles. The quantitative estimate of drug-likeness (QED) is 0.388. The number of fused-ring (bicyclic) bond motifs is 3. The minimum absolute atomic E-state index is 0.0488. The van der Waals surface area contributed by atoms with Gasteiger partial charge in [0.05, 0.1) is 23.3 Å². The van der Waals surface area contributed by atoms with Gasteiger partial charge in [0.2, 0.25) is 11.8 Å². The zero-order valence-electron chi connectivity index (χ0n) is 19.0. The van der Waals surface area contributed by atoms with Crippen molar-refractivity contribution in [1.82, 2.24) is 20.3 Å². The van der Waals surface area contributed by atoms with Crippen molar-refractivity contribution in [3.8, 4) is 17.1 Å². The molecule has 0 radical (unpaired) electrons. The van der Waals surface area contributed by atoms with Crippen LogP contribution in [-0.2, 0) is 17.4 Å². The first kappa shape index (κ1) is 24.0. The van der Waals surface area contributed by atoms with Crippen molar-refractivity contribution in [2.75, 3.05) is 43.9 Å². The molecule has 1 atom stereocenters. The molecule has 1 aliphatic rings. The Balaban J connectivity index is 1.74. The topological polar surface area (TPSA) is 86.2 Å². The molecule has 1 aromatic carbocycles. The fraction of sp³-hybridized carbons (Fsp3) is 0.348. The van der Waals surface area contributed by atoms with E-state index in [0.717, 1.165) is 30.5 Å². The Morgan fingerprint density at radius 2 is 1.86 bits per heavy atom. The Morgan fingerprint density at radius 3 is 2.49 bits per heavy atom. The first-order chi connectivity index (χ1) is 16.8. The van der Waals surface area contributed by atoms with Crippen molar-refractivity contribution >= 4 is 48.9 Å². The number of anilines is 1. The van der Waals surface area contributed by atoms with Gasteiger partial charge in [0, 0.05) is 31.7 Å². The summed E-state index contributed by atoms with van der Waals surface area (Å²) in [5.41, 5.74) is 0.0686. The number of nitrogens with one attached hydrogen (secondary N) is 1. The van der Waals surface area contributed by atoms with Gasteiger partial charge in [-0.1, -0.05) is 0 Å². The molecular formula is C23H22F3N5O2S2. The molecule has 0 saturated carbocycles. The van der Waals surface area contributed by atoms with E-state index in [-0.39, 0.29) is 27.3 Å². The highest BCUT2D eigenvalue weighted by Gasteiger charge is 2.36. The summed E-state index contributed by atoms with van der Waals surface area (Å²) in [6.45, 7) is 4.88. The molecular weight excluding hydrogens is 499 g/mol. The van der Waals surface area contributed by atoms with Crippen molar-refractivity contribution in [3.63, 3.8) is 0 Å². The van der Waals surface area contributed by atoms with Crippen LogP contribution < -0.4 is 15.0 Å². The first-order valence-electron chi connectivity index (χ1n) is 11.0. The van der Waals surface area contributed by atoms with E-state index in [0.29, 0.717) is 40.8 Å². The van der Waals surface area contributed by atoms with Crippen LogP contribution in [0.5, 0.6) is 5.88 Å². The summed E-state index contributed by atoms with van der Waals surface area (Å²) >= 11 is -0.0996. The van der Waals surface area contributed by atoms with E-state index >= 15 is 0 Å². The number of aromatic nitrogens is 3. The van der Waals surface area contributed by atoms with Gasteiger partial charge in [-0.15, -0.1) is 11.3 Å². The van der Waals surface area contributed by atoms with E-state index in [9.17, 15) is 17.7 Å². The van der Waals surface area contributed by atoms with Crippen LogP contribution in [0.3, 0.4) is 0 Å². The standard InChI is InChI=1S/C23H22F3N5O2S2/c1-3-33-20-19-18(29-22(30-20)31-10-8-27-9-11-31)17-15(23(24,25)26)12-16(28-21(17)34-19)13-4-6-14(7-5-13)35(2)32/h4-7,12,27H,3,8-11H2,1-2H3. The number of nitrogens with zero attached hydrogens (tertiary/aromatic N) is 4. The van der Waals surface area contributed by atoms with Crippen molar-refractivity contribution in [1.29, 1.82) is 0 Å². The van der Waals surface area contributed by atoms with Crippen LogP contribution >= 0.6 is 11.3 Å². The lowest BCUT2D eigenvalue weighted by Gasteiger charge is -2.27. The first-order valence-corrected chi connectivity index (χ1v) is 13.4. The lowest BCUT2D eigenvalue weighted by atomic mass is 10.1. The molecule has 5 rings (SSSR count). The number of piperazine rings is 1. The zero-order chi connectivity index (χ0) is 24.7. The summed E-state index contributed by atoms with van der Waals surface area (Å²) in [7, 11) is 0. The molecule has 184 valence electrons. The van der Waals surface area contributed by atoms with E-state index in [1.165, 1.54) is 0 Å². The maximum Gasteiger partial charge on any atom is 0.417 e. The van der Waals surface area contributed by atoms with Gasteiger partial charge in [0.15, 0.2) is 4.90 Å². The largest absolute Gasteiger partial charge is 0.612 e. The second kappa shape index (κ2) is 9.41. The van der Waals surface area contributed by atoms with Crippen LogP contribution in [0.25, 0.3) is 31.7 Å². The van der Waals surface area contributed by atoms with Crippen LogP contribution in [0.2, 0.25) is 0 Å². The average Bonchev–Trinajstić information content (AvgIpc) is 3.22. The monoisotopic (exact) mass is 521 g/mol. The van der Waals surface area contributed by atoms with Crippen molar-refractivity contribution in [2.24, 2.45) is 0 Å². The number of alkyl halides is 3. The van der Waals surface area contributed by atoms with Crippen LogP contribution in [0.4, 0.5) is 19.1 Å². The third kappa shape index (κ3) is 4.63. The third-order valence-electron chi connectivity index (χ3n) is 5.71. The number of rotatable bonds is 5. The van der Waals surface area contributed by atoms with Crippen LogP contribution in [0.1, 0.15) is 12.5 Å². The molecule has 1 saturated heterocycles. The number of benzene rings is 1. The van der Waals surface area contributed by atoms with Crippen LogP contribution in [0.15, 0.2) is 35.2 Å².